The Balaban J connectivity index is 0.000000364. The average Bonchev–Trinajstić information content (AvgIpc) is 3.27. The molecule has 4 aromatic rings. The van der Waals surface area contributed by atoms with Gasteiger partial charge in [0.2, 0.25) is 5.82 Å². The summed E-state index contributed by atoms with van der Waals surface area (Å²) < 4.78 is 15.1. The fourth-order valence-corrected chi connectivity index (χ4v) is 4.22. The van der Waals surface area contributed by atoms with Gasteiger partial charge in [-0.1, -0.05) is 37.3 Å². The first-order valence-electron chi connectivity index (χ1n) is 12.3. The largest absolute Gasteiger partial charge is 0.358 e. The molecule has 0 aliphatic rings. The number of benzene rings is 1. The van der Waals surface area contributed by atoms with E-state index in [-0.39, 0.29) is 23.4 Å². The third kappa shape index (κ3) is 6.85. The third-order valence-corrected chi connectivity index (χ3v) is 6.01. The summed E-state index contributed by atoms with van der Waals surface area (Å²) in [4.78, 5) is 25.9. The second-order valence-corrected chi connectivity index (χ2v) is 9.20. The van der Waals surface area contributed by atoms with Crippen LogP contribution in [0.3, 0.4) is 0 Å². The summed E-state index contributed by atoms with van der Waals surface area (Å²) in [7, 11) is 0. The van der Waals surface area contributed by atoms with Gasteiger partial charge in [-0.05, 0) is 58.9 Å². The molecule has 3 aromatic heterocycles. The molecular formula is C27H34FN7O2. The Morgan fingerprint density at radius 3 is 2.27 bits per heavy atom. The monoisotopic (exact) mass is 507 g/mol. The first-order chi connectivity index (χ1) is 17.6. The molecule has 1 N–H and O–H groups in total. The van der Waals surface area contributed by atoms with E-state index in [1.807, 2.05) is 37.3 Å². The van der Waals surface area contributed by atoms with Crippen molar-refractivity contribution < 1.29 is 9.31 Å². The van der Waals surface area contributed by atoms with Crippen molar-refractivity contribution in [1.29, 1.82) is 0 Å². The normalized spacial score (nSPS) is 12.1. The Hall–Kier alpha value is -3.92. The molecule has 0 aliphatic heterocycles. The van der Waals surface area contributed by atoms with E-state index >= 15 is 0 Å². The predicted octanol–water partition coefficient (Wildman–Crippen LogP) is 6.14. The van der Waals surface area contributed by atoms with Crippen molar-refractivity contribution in [1.82, 2.24) is 24.3 Å². The highest BCUT2D eigenvalue weighted by Gasteiger charge is 2.21. The van der Waals surface area contributed by atoms with Gasteiger partial charge >= 0.3 is 5.69 Å². The summed E-state index contributed by atoms with van der Waals surface area (Å²) in [6.07, 6.45) is 3.91. The second-order valence-electron chi connectivity index (χ2n) is 9.20. The van der Waals surface area contributed by atoms with Crippen molar-refractivity contribution >= 4 is 17.2 Å². The van der Waals surface area contributed by atoms with Crippen LogP contribution >= 0.6 is 0 Å². The van der Waals surface area contributed by atoms with Crippen LogP contribution in [-0.2, 0) is 0 Å². The highest BCUT2D eigenvalue weighted by molar-refractivity contribution is 5.63. The summed E-state index contributed by atoms with van der Waals surface area (Å²) in [5.41, 5.74) is 1.66. The van der Waals surface area contributed by atoms with Gasteiger partial charge in [0.15, 0.2) is 5.82 Å². The summed E-state index contributed by atoms with van der Waals surface area (Å²) in [5.74, 6) is -0.158. The molecule has 0 saturated carbocycles. The van der Waals surface area contributed by atoms with Crippen LogP contribution in [0, 0.1) is 15.9 Å². The smallest absolute Gasteiger partial charge is 0.329 e. The fraction of sp³-hybridized carbons (Fsp3) is 0.370. The van der Waals surface area contributed by atoms with Crippen molar-refractivity contribution in [2.45, 2.75) is 59.7 Å². The van der Waals surface area contributed by atoms with E-state index < -0.39 is 10.7 Å². The molecule has 4 rings (SSSR count). The number of imidazole rings is 1. The lowest BCUT2D eigenvalue weighted by molar-refractivity contribution is -0.384. The fourth-order valence-electron chi connectivity index (χ4n) is 4.22. The first-order valence-corrected chi connectivity index (χ1v) is 12.3. The van der Waals surface area contributed by atoms with Gasteiger partial charge in [0.25, 0.3) is 0 Å². The number of rotatable bonds is 8. The quantitative estimate of drug-likeness (QED) is 0.226. The Bertz CT molecular complexity index is 1320. The second kappa shape index (κ2) is 12.4. The lowest BCUT2D eigenvalue weighted by Gasteiger charge is -2.28. The van der Waals surface area contributed by atoms with Gasteiger partial charge in [-0.15, -0.1) is 0 Å². The van der Waals surface area contributed by atoms with Crippen molar-refractivity contribution in [2.24, 2.45) is 0 Å². The molecule has 196 valence electrons. The standard InChI is InChI=1S/C19H15FN6O2.C8H19N/c1-12(13-5-3-2-4-6-13)23-19-16(26(27)28)10-22-18(24-19)15-9-21-17-8-7-14(20)11-25(15)17;1-6-9(7(2)3)8(4)5/h2-12H,1H3,(H,22,23,24);7-8H,6H2,1-5H3/t12-;/m0./s1. The summed E-state index contributed by atoms with van der Waals surface area (Å²) in [6.45, 7) is 14.2. The van der Waals surface area contributed by atoms with Crippen LogP contribution in [0.25, 0.3) is 17.2 Å². The molecule has 0 spiro atoms. The maximum atomic E-state index is 13.6. The molecule has 0 bridgehead atoms. The number of pyridine rings is 1. The summed E-state index contributed by atoms with van der Waals surface area (Å²) in [5, 5.41) is 14.5. The van der Waals surface area contributed by atoms with Crippen LogP contribution in [-0.4, -0.2) is 47.8 Å². The Morgan fingerprint density at radius 2 is 1.70 bits per heavy atom. The summed E-state index contributed by atoms with van der Waals surface area (Å²) >= 11 is 0. The van der Waals surface area contributed by atoms with Gasteiger partial charge in [0, 0.05) is 18.3 Å². The van der Waals surface area contributed by atoms with Gasteiger partial charge in [0.05, 0.1) is 17.2 Å². The first kappa shape index (κ1) is 27.7. The van der Waals surface area contributed by atoms with E-state index in [2.05, 4.69) is 59.8 Å². The van der Waals surface area contributed by atoms with E-state index in [4.69, 9.17) is 0 Å². The van der Waals surface area contributed by atoms with E-state index in [1.54, 1.807) is 0 Å². The molecule has 9 nitrogen and oxygen atoms in total. The Kier molecular flexibility index (Phi) is 9.24. The van der Waals surface area contributed by atoms with Gasteiger partial charge in [-0.25, -0.2) is 19.3 Å². The van der Waals surface area contributed by atoms with Crippen LogP contribution < -0.4 is 5.32 Å². The predicted molar refractivity (Wildman–Crippen MR) is 144 cm³/mol. The number of nitrogens with one attached hydrogen (secondary N) is 1. The zero-order valence-corrected chi connectivity index (χ0v) is 22.1. The zero-order chi connectivity index (χ0) is 27.1. The molecule has 10 heteroatoms. The van der Waals surface area contributed by atoms with Crippen molar-refractivity contribution in [3.05, 3.63) is 82.6 Å². The van der Waals surface area contributed by atoms with Crippen molar-refractivity contribution in [2.75, 3.05) is 11.9 Å². The van der Waals surface area contributed by atoms with Crippen LogP contribution in [0.15, 0.2) is 61.1 Å². The van der Waals surface area contributed by atoms with Gasteiger partial charge in [0.1, 0.15) is 23.4 Å². The molecule has 0 saturated heterocycles. The number of fused-ring (bicyclic) bond motifs is 1. The van der Waals surface area contributed by atoms with E-state index in [9.17, 15) is 14.5 Å². The molecule has 3 heterocycles. The van der Waals surface area contributed by atoms with Gasteiger partial charge in [-0.2, -0.15) is 0 Å². The molecule has 0 aliphatic carbocycles. The van der Waals surface area contributed by atoms with Crippen LogP contribution in [0.4, 0.5) is 15.9 Å². The van der Waals surface area contributed by atoms with Crippen LogP contribution in [0.2, 0.25) is 0 Å². The van der Waals surface area contributed by atoms with Gasteiger partial charge in [-0.3, -0.25) is 19.4 Å². The summed E-state index contributed by atoms with van der Waals surface area (Å²) in [6, 6.07) is 13.5. The van der Waals surface area contributed by atoms with Crippen LogP contribution in [0.1, 0.15) is 53.1 Å². The maximum absolute atomic E-state index is 13.6. The molecule has 0 fully saturated rings. The SMILES string of the molecule is CCN(C(C)C)C(C)C.C[C@H](Nc1nc(-c2cnc3ccc(F)cn23)ncc1[N+](=O)[O-])c1ccccc1. The van der Waals surface area contributed by atoms with Gasteiger partial charge < -0.3 is 5.32 Å². The highest BCUT2D eigenvalue weighted by Crippen LogP contribution is 2.28. The molecular weight excluding hydrogens is 473 g/mol. The number of halogens is 1. The number of hydrogen-bond acceptors (Lipinski definition) is 7. The molecule has 0 radical (unpaired) electrons. The topological polar surface area (TPSA) is 101 Å². The van der Waals surface area contributed by atoms with E-state index in [0.29, 0.717) is 23.4 Å². The van der Waals surface area contributed by atoms with E-state index in [0.717, 1.165) is 18.3 Å². The number of nitro groups is 1. The Labute approximate surface area is 216 Å². The molecule has 0 amide bonds. The highest BCUT2D eigenvalue weighted by atomic mass is 19.1. The molecule has 1 aromatic carbocycles. The van der Waals surface area contributed by atoms with E-state index in [1.165, 1.54) is 28.9 Å². The van der Waals surface area contributed by atoms with Crippen LogP contribution in [0.5, 0.6) is 0 Å². The lowest BCUT2D eigenvalue weighted by atomic mass is 10.1. The minimum absolute atomic E-state index is 0.0812. The maximum Gasteiger partial charge on any atom is 0.329 e. The number of hydrogen-bond donors (Lipinski definition) is 1. The van der Waals surface area contributed by atoms with Crippen molar-refractivity contribution in [3.63, 3.8) is 0 Å². The molecule has 37 heavy (non-hydrogen) atoms. The number of nitrogens with zero attached hydrogens (tertiary/aromatic N) is 6. The number of anilines is 1. The third-order valence-electron chi connectivity index (χ3n) is 6.01. The molecule has 1 atom stereocenters. The Morgan fingerprint density at radius 1 is 1.03 bits per heavy atom. The zero-order valence-electron chi connectivity index (χ0n) is 22.1. The average molecular weight is 508 g/mol. The number of aromatic nitrogens is 4. The minimum Gasteiger partial charge on any atom is -0.358 e. The van der Waals surface area contributed by atoms with Crippen molar-refractivity contribution in [3.8, 4) is 11.5 Å². The minimum atomic E-state index is -0.544. The molecule has 0 unspecified atom stereocenters. The lowest BCUT2D eigenvalue weighted by Crippen LogP contribution is -2.36.